The van der Waals surface area contributed by atoms with Gasteiger partial charge in [0.15, 0.2) is 0 Å². The van der Waals surface area contributed by atoms with Crippen LogP contribution in [0.25, 0.3) is 10.9 Å². The highest BCUT2D eigenvalue weighted by atomic mass is 35.5. The smallest absolute Gasteiger partial charge is 0.224 e. The number of aromatic nitrogens is 2. The van der Waals surface area contributed by atoms with Crippen molar-refractivity contribution in [2.75, 3.05) is 0 Å². The summed E-state index contributed by atoms with van der Waals surface area (Å²) < 4.78 is 5.95. The van der Waals surface area contributed by atoms with Gasteiger partial charge in [-0.05, 0) is 37.8 Å². The van der Waals surface area contributed by atoms with Crippen LogP contribution in [0.1, 0.15) is 25.7 Å². The van der Waals surface area contributed by atoms with Crippen LogP contribution < -0.4 is 4.74 Å². The summed E-state index contributed by atoms with van der Waals surface area (Å²) in [6.45, 7) is 0. The van der Waals surface area contributed by atoms with E-state index in [4.69, 9.17) is 16.3 Å². The van der Waals surface area contributed by atoms with Crippen molar-refractivity contribution >= 4 is 22.5 Å². The van der Waals surface area contributed by atoms with Gasteiger partial charge in [0.1, 0.15) is 11.3 Å². The number of hydrogen-bond acceptors (Lipinski definition) is 4. The molecule has 1 aliphatic rings. The lowest BCUT2D eigenvalue weighted by atomic mass is 9.95. The number of aliphatic hydroxyl groups is 1. The van der Waals surface area contributed by atoms with E-state index in [1.54, 1.807) is 12.3 Å². The molecule has 3 rings (SSSR count). The minimum atomic E-state index is -0.189. The predicted octanol–water partition coefficient (Wildman–Crippen LogP) is 2.97. The summed E-state index contributed by atoms with van der Waals surface area (Å²) in [4.78, 5) is 8.52. The minimum absolute atomic E-state index is 0.0952. The van der Waals surface area contributed by atoms with E-state index in [2.05, 4.69) is 9.97 Å². The van der Waals surface area contributed by atoms with E-state index >= 15 is 0 Å². The number of hydrogen-bond donors (Lipinski definition) is 1. The third-order valence-electron chi connectivity index (χ3n) is 3.46. The van der Waals surface area contributed by atoms with Crippen LogP contribution >= 0.6 is 11.6 Å². The van der Waals surface area contributed by atoms with Gasteiger partial charge in [-0.25, -0.2) is 4.98 Å². The number of pyridine rings is 2. The molecular formula is C14H15ClN2O2. The highest BCUT2D eigenvalue weighted by Crippen LogP contribution is 2.29. The topological polar surface area (TPSA) is 55.2 Å². The van der Waals surface area contributed by atoms with Crippen LogP contribution in [0.3, 0.4) is 0 Å². The van der Waals surface area contributed by atoms with Crippen LogP contribution in [0.15, 0.2) is 24.4 Å². The maximum Gasteiger partial charge on any atom is 0.224 e. The molecule has 0 spiro atoms. The quantitative estimate of drug-likeness (QED) is 0.858. The molecule has 0 bridgehead atoms. The first-order valence-corrected chi connectivity index (χ1v) is 6.86. The fourth-order valence-electron chi connectivity index (χ4n) is 2.43. The highest BCUT2D eigenvalue weighted by molar-refractivity contribution is 6.30. The largest absolute Gasteiger partial charge is 0.474 e. The fraction of sp³-hybridized carbons (Fsp3) is 0.429. The number of rotatable bonds is 2. The van der Waals surface area contributed by atoms with Gasteiger partial charge in [-0.1, -0.05) is 11.6 Å². The van der Waals surface area contributed by atoms with E-state index < -0.39 is 0 Å². The molecule has 1 fully saturated rings. The number of fused-ring (bicyclic) bond motifs is 1. The van der Waals surface area contributed by atoms with Gasteiger partial charge in [0.2, 0.25) is 5.88 Å². The van der Waals surface area contributed by atoms with Crippen molar-refractivity contribution in [1.29, 1.82) is 0 Å². The second-order valence-corrected chi connectivity index (χ2v) is 5.26. The molecule has 100 valence electrons. The maximum atomic E-state index is 9.51. The Balaban J connectivity index is 1.88. The van der Waals surface area contributed by atoms with Crippen LogP contribution in [-0.2, 0) is 0 Å². The zero-order valence-corrected chi connectivity index (χ0v) is 11.2. The van der Waals surface area contributed by atoms with Gasteiger partial charge in [0.05, 0.1) is 17.0 Å². The lowest BCUT2D eigenvalue weighted by molar-refractivity contribution is 0.0652. The average Bonchev–Trinajstić information content (AvgIpc) is 2.41. The standard InChI is InChI=1S/C14H15ClN2O2/c15-13-8-12-11(2-1-7-16-12)14(17-13)19-10-5-3-9(18)4-6-10/h1-2,7-10,18H,3-6H2/t9-,10-. The van der Waals surface area contributed by atoms with Crippen molar-refractivity contribution in [1.82, 2.24) is 9.97 Å². The van der Waals surface area contributed by atoms with Crippen molar-refractivity contribution < 1.29 is 9.84 Å². The summed E-state index contributed by atoms with van der Waals surface area (Å²) in [6, 6.07) is 5.52. The van der Waals surface area contributed by atoms with E-state index in [0.717, 1.165) is 36.6 Å². The molecule has 2 heterocycles. The SMILES string of the molecule is O[C@H]1CC[C@H](Oc2nc(Cl)cc3ncccc23)CC1. The van der Waals surface area contributed by atoms with Crippen molar-refractivity contribution in [2.24, 2.45) is 0 Å². The summed E-state index contributed by atoms with van der Waals surface area (Å²) in [5.41, 5.74) is 0.786. The molecule has 1 aliphatic carbocycles. The van der Waals surface area contributed by atoms with Crippen LogP contribution in [0, 0.1) is 0 Å². The fourth-order valence-corrected chi connectivity index (χ4v) is 2.61. The van der Waals surface area contributed by atoms with Gasteiger partial charge in [0.25, 0.3) is 0 Å². The number of halogens is 1. The second kappa shape index (κ2) is 5.31. The third-order valence-corrected chi connectivity index (χ3v) is 3.65. The molecule has 2 aromatic rings. The van der Waals surface area contributed by atoms with Gasteiger partial charge in [0, 0.05) is 12.3 Å². The van der Waals surface area contributed by atoms with E-state index in [1.807, 2.05) is 12.1 Å². The zero-order chi connectivity index (χ0) is 13.2. The molecule has 5 heteroatoms. The Morgan fingerprint density at radius 3 is 2.84 bits per heavy atom. The summed E-state index contributed by atoms with van der Waals surface area (Å²) in [7, 11) is 0. The Hall–Kier alpha value is -1.39. The Kier molecular flexibility index (Phi) is 3.53. The molecule has 0 amide bonds. The summed E-state index contributed by atoms with van der Waals surface area (Å²) in [6.07, 6.45) is 4.87. The third kappa shape index (κ3) is 2.80. The molecule has 0 saturated heterocycles. The average molecular weight is 279 g/mol. The first kappa shape index (κ1) is 12.6. The van der Waals surface area contributed by atoms with Crippen molar-refractivity contribution in [3.8, 4) is 5.88 Å². The van der Waals surface area contributed by atoms with Gasteiger partial charge < -0.3 is 9.84 Å². The molecular weight excluding hydrogens is 264 g/mol. The van der Waals surface area contributed by atoms with Crippen molar-refractivity contribution in [3.63, 3.8) is 0 Å². The van der Waals surface area contributed by atoms with E-state index in [-0.39, 0.29) is 12.2 Å². The molecule has 2 aromatic heterocycles. The van der Waals surface area contributed by atoms with Crippen molar-refractivity contribution in [3.05, 3.63) is 29.5 Å². The lowest BCUT2D eigenvalue weighted by Crippen LogP contribution is -2.26. The Bertz CT molecular complexity index is 583. The lowest BCUT2D eigenvalue weighted by Gasteiger charge is -2.26. The van der Waals surface area contributed by atoms with Gasteiger partial charge in [-0.15, -0.1) is 0 Å². The van der Waals surface area contributed by atoms with E-state index in [0.29, 0.717) is 11.0 Å². The molecule has 1 saturated carbocycles. The molecule has 0 radical (unpaired) electrons. The van der Waals surface area contributed by atoms with Crippen LogP contribution in [0.4, 0.5) is 0 Å². The zero-order valence-electron chi connectivity index (χ0n) is 10.4. The highest BCUT2D eigenvalue weighted by Gasteiger charge is 2.22. The van der Waals surface area contributed by atoms with Gasteiger partial charge >= 0.3 is 0 Å². The number of aliphatic hydroxyl groups excluding tert-OH is 1. The second-order valence-electron chi connectivity index (χ2n) is 4.87. The monoisotopic (exact) mass is 278 g/mol. The normalized spacial score (nSPS) is 23.5. The summed E-state index contributed by atoms with van der Waals surface area (Å²) in [5.74, 6) is 0.539. The van der Waals surface area contributed by atoms with Gasteiger partial charge in [-0.3, -0.25) is 4.98 Å². The van der Waals surface area contributed by atoms with E-state index in [9.17, 15) is 5.11 Å². The maximum absolute atomic E-state index is 9.51. The first-order chi connectivity index (χ1) is 9.22. The van der Waals surface area contributed by atoms with E-state index in [1.165, 1.54) is 0 Å². The predicted molar refractivity (Wildman–Crippen MR) is 73.4 cm³/mol. The molecule has 4 nitrogen and oxygen atoms in total. The van der Waals surface area contributed by atoms with Crippen molar-refractivity contribution in [2.45, 2.75) is 37.9 Å². The van der Waals surface area contributed by atoms with Crippen LogP contribution in [0.2, 0.25) is 5.15 Å². The molecule has 0 aromatic carbocycles. The van der Waals surface area contributed by atoms with Crippen LogP contribution in [-0.4, -0.2) is 27.3 Å². The number of ether oxygens (including phenoxy) is 1. The molecule has 0 atom stereocenters. The summed E-state index contributed by atoms with van der Waals surface area (Å²) in [5, 5.41) is 10.8. The Morgan fingerprint density at radius 1 is 1.26 bits per heavy atom. The summed E-state index contributed by atoms with van der Waals surface area (Å²) >= 11 is 5.99. The Morgan fingerprint density at radius 2 is 2.05 bits per heavy atom. The Labute approximate surface area is 116 Å². The van der Waals surface area contributed by atoms with Crippen LogP contribution in [0.5, 0.6) is 5.88 Å². The molecule has 19 heavy (non-hydrogen) atoms. The van der Waals surface area contributed by atoms with Gasteiger partial charge in [-0.2, -0.15) is 0 Å². The first-order valence-electron chi connectivity index (χ1n) is 6.48. The number of nitrogens with zero attached hydrogens (tertiary/aromatic N) is 2. The minimum Gasteiger partial charge on any atom is -0.474 e. The molecule has 1 N–H and O–H groups in total. The molecule has 0 unspecified atom stereocenters. The molecule has 0 aliphatic heterocycles.